The smallest absolute Gasteiger partial charge is 0.0595 e. The zero-order valence-corrected chi connectivity index (χ0v) is 13.2. The van der Waals surface area contributed by atoms with E-state index in [9.17, 15) is 0 Å². The minimum atomic E-state index is 0.652. The number of rotatable bonds is 3. The molecule has 19 heavy (non-hydrogen) atoms. The average Bonchev–Trinajstić information content (AvgIpc) is 2.38. The van der Waals surface area contributed by atoms with E-state index in [4.69, 9.17) is 23.2 Å². The summed E-state index contributed by atoms with van der Waals surface area (Å²) in [6.45, 7) is 0. The minimum Gasteiger partial charge on any atom is -0.311 e. The Kier molecular flexibility index (Phi) is 4.63. The second kappa shape index (κ2) is 6.26. The summed E-state index contributed by atoms with van der Waals surface area (Å²) in [5.74, 6) is 3.30. The third-order valence-corrected chi connectivity index (χ3v) is 6.03. The molecule has 0 radical (unpaired) electrons. The molecule has 0 bridgehead atoms. The van der Waals surface area contributed by atoms with Crippen molar-refractivity contribution in [2.24, 2.45) is 0 Å². The van der Waals surface area contributed by atoms with E-state index in [2.05, 4.69) is 23.1 Å². The monoisotopic (exact) mass is 315 g/mol. The van der Waals surface area contributed by atoms with Crippen molar-refractivity contribution in [3.05, 3.63) is 33.8 Å². The van der Waals surface area contributed by atoms with Gasteiger partial charge in [0.2, 0.25) is 0 Å². The maximum atomic E-state index is 6.08. The number of thioether (sulfide) groups is 1. The van der Waals surface area contributed by atoms with Crippen molar-refractivity contribution in [3.63, 3.8) is 0 Å². The Morgan fingerprint density at radius 1 is 1.00 bits per heavy atom. The van der Waals surface area contributed by atoms with E-state index in [1.807, 2.05) is 12.1 Å². The van der Waals surface area contributed by atoms with Crippen molar-refractivity contribution in [2.45, 2.75) is 43.7 Å². The number of hydrogen-bond donors (Lipinski definition) is 1. The molecule has 1 N–H and O–H groups in total. The number of nitrogens with one attached hydrogen (secondary N) is 1. The van der Waals surface area contributed by atoms with Gasteiger partial charge in [-0.25, -0.2) is 0 Å². The van der Waals surface area contributed by atoms with Crippen molar-refractivity contribution in [3.8, 4) is 0 Å². The van der Waals surface area contributed by atoms with Gasteiger partial charge >= 0.3 is 0 Å². The first-order chi connectivity index (χ1) is 9.22. The van der Waals surface area contributed by atoms with Crippen molar-refractivity contribution in [2.75, 3.05) is 11.5 Å². The molecule has 0 unspecified atom stereocenters. The highest BCUT2D eigenvalue weighted by atomic mass is 35.5. The quantitative estimate of drug-likeness (QED) is 0.865. The minimum absolute atomic E-state index is 0.652. The van der Waals surface area contributed by atoms with E-state index in [1.54, 1.807) is 0 Å². The molecule has 1 nitrogen and oxygen atoms in total. The summed E-state index contributed by atoms with van der Waals surface area (Å²) in [5, 5.41) is 5.14. The van der Waals surface area contributed by atoms with Crippen molar-refractivity contribution >= 4 is 35.0 Å². The fourth-order valence-electron chi connectivity index (χ4n) is 2.99. The molecule has 2 aliphatic rings. The molecular weight excluding hydrogens is 297 g/mol. The van der Waals surface area contributed by atoms with Gasteiger partial charge in [-0.15, -0.1) is 0 Å². The molecule has 3 rings (SSSR count). The summed E-state index contributed by atoms with van der Waals surface area (Å²) in [6, 6.07) is 7.51. The van der Waals surface area contributed by atoms with Gasteiger partial charge in [0.15, 0.2) is 0 Å². The van der Waals surface area contributed by atoms with Gasteiger partial charge in [-0.2, -0.15) is 11.8 Å². The zero-order valence-electron chi connectivity index (χ0n) is 10.9. The maximum Gasteiger partial charge on any atom is 0.0595 e. The van der Waals surface area contributed by atoms with Crippen LogP contribution in [0.15, 0.2) is 18.2 Å². The van der Waals surface area contributed by atoms with Crippen molar-refractivity contribution in [1.82, 2.24) is 5.32 Å². The van der Waals surface area contributed by atoms with E-state index in [-0.39, 0.29) is 0 Å². The van der Waals surface area contributed by atoms with E-state index in [1.165, 1.54) is 42.8 Å². The Labute approximate surface area is 129 Å². The van der Waals surface area contributed by atoms with Gasteiger partial charge in [0.05, 0.1) is 10.0 Å². The SMILES string of the molecule is Clc1ccc(C2CC(NC3CCSCC3)C2)cc1Cl. The van der Waals surface area contributed by atoms with Crippen LogP contribution in [0.3, 0.4) is 0 Å². The molecule has 1 aromatic rings. The molecule has 0 aromatic heterocycles. The molecule has 1 saturated heterocycles. The normalized spacial score (nSPS) is 28.1. The fourth-order valence-corrected chi connectivity index (χ4v) is 4.40. The second-order valence-electron chi connectivity index (χ2n) is 5.59. The van der Waals surface area contributed by atoms with Crippen molar-refractivity contribution in [1.29, 1.82) is 0 Å². The van der Waals surface area contributed by atoms with Gasteiger partial charge in [-0.1, -0.05) is 29.3 Å². The Morgan fingerprint density at radius 3 is 2.42 bits per heavy atom. The van der Waals surface area contributed by atoms with E-state index < -0.39 is 0 Å². The third kappa shape index (κ3) is 3.41. The molecule has 1 aliphatic heterocycles. The lowest BCUT2D eigenvalue weighted by molar-refractivity contribution is 0.258. The average molecular weight is 316 g/mol. The number of hydrogen-bond acceptors (Lipinski definition) is 2. The summed E-state index contributed by atoms with van der Waals surface area (Å²) in [7, 11) is 0. The molecule has 1 aliphatic carbocycles. The first kappa shape index (κ1) is 14.1. The van der Waals surface area contributed by atoms with Crippen molar-refractivity contribution < 1.29 is 0 Å². The Morgan fingerprint density at radius 2 is 1.74 bits per heavy atom. The largest absolute Gasteiger partial charge is 0.311 e. The molecule has 0 spiro atoms. The molecule has 0 amide bonds. The standard InChI is InChI=1S/C15H19Cl2NS/c16-14-2-1-10(9-15(14)17)11-7-13(8-11)18-12-3-5-19-6-4-12/h1-2,9,11-13,18H,3-8H2. The lowest BCUT2D eigenvalue weighted by atomic mass is 9.75. The molecular formula is C15H19Cl2NS. The fraction of sp³-hybridized carbons (Fsp3) is 0.600. The molecule has 4 heteroatoms. The van der Waals surface area contributed by atoms with Crippen LogP contribution in [0.25, 0.3) is 0 Å². The first-order valence-corrected chi connectivity index (χ1v) is 8.92. The number of benzene rings is 1. The van der Waals surface area contributed by atoms with Gasteiger partial charge < -0.3 is 5.32 Å². The topological polar surface area (TPSA) is 12.0 Å². The molecule has 104 valence electrons. The van der Waals surface area contributed by atoms with Crippen LogP contribution in [-0.2, 0) is 0 Å². The summed E-state index contributed by atoms with van der Waals surface area (Å²) in [5.41, 5.74) is 1.34. The highest BCUT2D eigenvalue weighted by Crippen LogP contribution is 2.39. The Bertz CT molecular complexity index is 440. The summed E-state index contributed by atoms with van der Waals surface area (Å²) < 4.78 is 0. The summed E-state index contributed by atoms with van der Waals surface area (Å²) in [4.78, 5) is 0. The van der Waals surface area contributed by atoms with Crippen LogP contribution >= 0.6 is 35.0 Å². The predicted molar refractivity (Wildman–Crippen MR) is 85.7 cm³/mol. The Balaban J connectivity index is 1.50. The molecule has 0 atom stereocenters. The van der Waals surface area contributed by atoms with Crippen LogP contribution in [0, 0.1) is 0 Å². The van der Waals surface area contributed by atoms with Gasteiger partial charge in [0.1, 0.15) is 0 Å². The second-order valence-corrected chi connectivity index (χ2v) is 7.63. The lowest BCUT2D eigenvalue weighted by Crippen LogP contribution is -2.46. The van der Waals surface area contributed by atoms with Gasteiger partial charge in [-0.05, 0) is 60.8 Å². The highest BCUT2D eigenvalue weighted by molar-refractivity contribution is 7.99. The van der Waals surface area contributed by atoms with Gasteiger partial charge in [0, 0.05) is 12.1 Å². The van der Waals surface area contributed by atoms with Crippen LogP contribution < -0.4 is 5.32 Å². The molecule has 1 heterocycles. The van der Waals surface area contributed by atoms with Gasteiger partial charge in [-0.3, -0.25) is 0 Å². The Hall–Kier alpha value is 0.110. The van der Waals surface area contributed by atoms with Crippen LogP contribution in [0.1, 0.15) is 37.2 Å². The summed E-state index contributed by atoms with van der Waals surface area (Å²) >= 11 is 14.1. The zero-order chi connectivity index (χ0) is 13.2. The van der Waals surface area contributed by atoms with Crippen LogP contribution in [0.4, 0.5) is 0 Å². The molecule has 1 aromatic carbocycles. The molecule has 2 fully saturated rings. The van der Waals surface area contributed by atoms with E-state index in [0.29, 0.717) is 22.0 Å². The maximum absolute atomic E-state index is 6.08. The number of halogens is 2. The van der Waals surface area contributed by atoms with Crippen LogP contribution in [0.2, 0.25) is 10.0 Å². The predicted octanol–water partition coefficient (Wildman–Crippen LogP) is 4.72. The molecule has 1 saturated carbocycles. The van der Waals surface area contributed by atoms with E-state index >= 15 is 0 Å². The first-order valence-electron chi connectivity index (χ1n) is 7.01. The van der Waals surface area contributed by atoms with Crippen LogP contribution in [-0.4, -0.2) is 23.6 Å². The lowest BCUT2D eigenvalue weighted by Gasteiger charge is -2.39. The van der Waals surface area contributed by atoms with Gasteiger partial charge in [0.25, 0.3) is 0 Å². The van der Waals surface area contributed by atoms with E-state index in [0.717, 1.165) is 6.04 Å². The highest BCUT2D eigenvalue weighted by Gasteiger charge is 2.32. The third-order valence-electron chi connectivity index (χ3n) is 4.25. The van der Waals surface area contributed by atoms with Crippen LogP contribution in [0.5, 0.6) is 0 Å². The summed E-state index contributed by atoms with van der Waals surface area (Å²) in [6.07, 6.45) is 5.14.